The van der Waals surface area contributed by atoms with Crippen molar-refractivity contribution in [3.63, 3.8) is 0 Å². The first-order valence-corrected chi connectivity index (χ1v) is 11.0. The Hall–Kier alpha value is -2.63. The van der Waals surface area contributed by atoms with E-state index in [1.54, 1.807) is 6.20 Å². The van der Waals surface area contributed by atoms with Crippen LogP contribution in [0.4, 0.5) is 8.78 Å². The second kappa shape index (κ2) is 7.81. The Morgan fingerprint density at radius 1 is 1.13 bits per heavy atom. The van der Waals surface area contributed by atoms with Gasteiger partial charge < -0.3 is 9.59 Å². The van der Waals surface area contributed by atoms with E-state index in [4.69, 9.17) is 0 Å². The van der Waals surface area contributed by atoms with Gasteiger partial charge in [-0.1, -0.05) is 30.3 Å². The summed E-state index contributed by atoms with van der Waals surface area (Å²) < 4.78 is 29.7. The Labute approximate surface area is 181 Å². The van der Waals surface area contributed by atoms with Gasteiger partial charge in [0.1, 0.15) is 30.3 Å². The van der Waals surface area contributed by atoms with Crippen LogP contribution in [-0.4, -0.2) is 33.7 Å². The molecule has 3 fully saturated rings. The van der Waals surface area contributed by atoms with Crippen molar-refractivity contribution in [2.24, 2.45) is 11.8 Å². The number of benzene rings is 2. The van der Waals surface area contributed by atoms with Crippen molar-refractivity contribution >= 4 is 10.9 Å². The molecule has 3 aliphatic rings. The van der Waals surface area contributed by atoms with E-state index in [1.165, 1.54) is 18.2 Å². The van der Waals surface area contributed by atoms with Gasteiger partial charge in [0.25, 0.3) is 0 Å². The number of halogens is 2. The highest BCUT2D eigenvalue weighted by molar-refractivity contribution is 5.82. The van der Waals surface area contributed by atoms with Gasteiger partial charge in [-0.2, -0.15) is 0 Å². The molecule has 0 spiro atoms. The van der Waals surface area contributed by atoms with E-state index in [1.807, 2.05) is 36.4 Å². The van der Waals surface area contributed by atoms with Gasteiger partial charge in [0.15, 0.2) is 0 Å². The third-order valence-corrected chi connectivity index (χ3v) is 7.58. The molecule has 0 radical (unpaired) electrons. The van der Waals surface area contributed by atoms with E-state index in [0.29, 0.717) is 16.3 Å². The largest absolute Gasteiger partial charge is 0.382 e. The highest BCUT2D eigenvalue weighted by atomic mass is 19.1. The van der Waals surface area contributed by atoms with Crippen LogP contribution in [0, 0.1) is 23.5 Å². The van der Waals surface area contributed by atoms with Gasteiger partial charge in [0.2, 0.25) is 0 Å². The topological polar surface area (TPSA) is 33.1 Å². The number of rotatable bonds is 5. The van der Waals surface area contributed by atoms with E-state index >= 15 is 0 Å². The van der Waals surface area contributed by atoms with Crippen LogP contribution in [0.5, 0.6) is 0 Å². The van der Waals surface area contributed by atoms with E-state index in [9.17, 15) is 13.9 Å². The predicted molar refractivity (Wildman–Crippen MR) is 117 cm³/mol. The minimum atomic E-state index is -0.740. The van der Waals surface area contributed by atoms with Gasteiger partial charge in [0, 0.05) is 30.3 Å². The minimum absolute atomic E-state index is 0.113. The summed E-state index contributed by atoms with van der Waals surface area (Å²) in [4.78, 5) is 4.42. The van der Waals surface area contributed by atoms with Crippen molar-refractivity contribution in [2.45, 2.75) is 31.5 Å². The quantitative estimate of drug-likeness (QED) is 0.456. The van der Waals surface area contributed by atoms with E-state index in [2.05, 4.69) is 11.6 Å². The number of hydrogen-bond acceptors (Lipinski definition) is 2. The van der Waals surface area contributed by atoms with E-state index in [0.717, 1.165) is 42.4 Å². The number of aliphatic hydroxyl groups is 1. The molecule has 160 valence electrons. The lowest BCUT2D eigenvalue weighted by molar-refractivity contribution is -0.985. The summed E-state index contributed by atoms with van der Waals surface area (Å²) in [7, 11) is 0. The maximum atomic E-state index is 14.6. The Morgan fingerprint density at radius 3 is 2.68 bits per heavy atom. The molecule has 3 aliphatic heterocycles. The smallest absolute Gasteiger partial charge is 0.135 e. The average molecular weight is 422 g/mol. The van der Waals surface area contributed by atoms with Crippen LogP contribution < -0.4 is 0 Å². The first kappa shape index (κ1) is 20.3. The minimum Gasteiger partial charge on any atom is -0.382 e. The highest BCUT2D eigenvalue weighted by Gasteiger charge is 2.54. The van der Waals surface area contributed by atoms with Gasteiger partial charge in [-0.25, -0.2) is 8.78 Å². The SMILES string of the molecule is C=C[C@H]1C[N@+]2(Cc3c(F)cccc3F)CC[C@H]1C[C@H]2[C@H](O)c1ccnc2ccccc12. The van der Waals surface area contributed by atoms with Crippen molar-refractivity contribution in [3.05, 3.63) is 90.1 Å². The van der Waals surface area contributed by atoms with Crippen molar-refractivity contribution in [3.8, 4) is 0 Å². The molecule has 0 saturated carbocycles. The highest BCUT2D eigenvalue weighted by Crippen LogP contribution is 2.48. The molecule has 3 aromatic rings. The zero-order valence-corrected chi connectivity index (χ0v) is 17.4. The maximum absolute atomic E-state index is 14.6. The van der Waals surface area contributed by atoms with Gasteiger partial charge in [-0.15, -0.1) is 6.58 Å². The van der Waals surface area contributed by atoms with Gasteiger partial charge in [-0.3, -0.25) is 4.98 Å². The number of fused-ring (bicyclic) bond motifs is 4. The van der Waals surface area contributed by atoms with Crippen LogP contribution in [0.1, 0.15) is 30.1 Å². The molecule has 0 amide bonds. The predicted octanol–water partition coefficient (Wildman–Crippen LogP) is 5.16. The summed E-state index contributed by atoms with van der Waals surface area (Å²) >= 11 is 0. The fraction of sp³-hybridized carbons (Fsp3) is 0.346. The molecule has 5 heteroatoms. The summed E-state index contributed by atoms with van der Waals surface area (Å²) in [5, 5.41) is 12.6. The first-order chi connectivity index (χ1) is 15.0. The van der Waals surface area contributed by atoms with Crippen molar-refractivity contribution in [1.29, 1.82) is 0 Å². The summed E-state index contributed by atoms with van der Waals surface area (Å²) in [6.45, 7) is 5.79. The van der Waals surface area contributed by atoms with Crippen LogP contribution in [0.25, 0.3) is 10.9 Å². The number of pyridine rings is 1. The van der Waals surface area contributed by atoms with Gasteiger partial charge in [-0.05, 0) is 35.7 Å². The Kier molecular flexibility index (Phi) is 5.11. The monoisotopic (exact) mass is 421 g/mol. The normalized spacial score (nSPS) is 28.5. The first-order valence-electron chi connectivity index (χ1n) is 11.0. The van der Waals surface area contributed by atoms with Crippen LogP contribution in [0.2, 0.25) is 0 Å². The molecule has 0 aliphatic carbocycles. The Morgan fingerprint density at radius 2 is 1.90 bits per heavy atom. The third kappa shape index (κ3) is 3.36. The Balaban J connectivity index is 1.58. The van der Waals surface area contributed by atoms with Crippen molar-refractivity contribution in [2.75, 3.05) is 13.1 Å². The molecule has 3 saturated heterocycles. The molecular weight excluding hydrogens is 394 g/mol. The van der Waals surface area contributed by atoms with Crippen molar-refractivity contribution < 1.29 is 18.4 Å². The van der Waals surface area contributed by atoms with Gasteiger partial charge >= 0.3 is 0 Å². The molecule has 3 nitrogen and oxygen atoms in total. The van der Waals surface area contributed by atoms with Crippen molar-refractivity contribution in [1.82, 2.24) is 4.98 Å². The molecule has 1 aromatic heterocycles. The lowest BCUT2D eigenvalue weighted by Gasteiger charge is -2.58. The second-order valence-electron chi connectivity index (χ2n) is 9.10. The average Bonchev–Trinajstić information content (AvgIpc) is 2.81. The molecule has 6 rings (SSSR count). The standard InChI is InChI=1S/C26H27F2N2O/c1-2-17-15-30(16-21-22(27)7-5-8-23(21)28)13-11-18(17)14-25(30)26(31)20-10-12-29-24-9-4-3-6-19(20)24/h2-10,12,17-18,25-26,31H,1,11,13-16H2/q+1/t17-,18-,25-,26+,30-/m0/s1. The fourth-order valence-electron chi connectivity index (χ4n) is 5.96. The molecular formula is C26H27F2N2O+. The lowest BCUT2D eigenvalue weighted by Crippen LogP contribution is -2.67. The summed E-state index contributed by atoms with van der Waals surface area (Å²) in [5.41, 5.74) is 1.79. The molecule has 2 bridgehead atoms. The lowest BCUT2D eigenvalue weighted by atomic mass is 9.71. The van der Waals surface area contributed by atoms with Crippen LogP contribution in [-0.2, 0) is 6.54 Å². The van der Waals surface area contributed by atoms with Crippen LogP contribution in [0.15, 0.2) is 67.4 Å². The van der Waals surface area contributed by atoms with Crippen LogP contribution in [0.3, 0.4) is 0 Å². The van der Waals surface area contributed by atoms with E-state index in [-0.39, 0.29) is 18.2 Å². The number of quaternary nitrogens is 1. The number of aliphatic hydroxyl groups excluding tert-OH is 1. The number of hydrogen-bond donors (Lipinski definition) is 1. The number of para-hydroxylation sites is 1. The molecule has 31 heavy (non-hydrogen) atoms. The third-order valence-electron chi connectivity index (χ3n) is 7.58. The molecule has 1 N–H and O–H groups in total. The molecule has 5 atom stereocenters. The van der Waals surface area contributed by atoms with Crippen LogP contribution >= 0.6 is 0 Å². The number of nitrogens with zero attached hydrogens (tertiary/aromatic N) is 2. The van der Waals surface area contributed by atoms with E-state index < -0.39 is 17.7 Å². The van der Waals surface area contributed by atoms with Gasteiger partial charge in [0.05, 0.1) is 24.2 Å². The molecule has 0 unspecified atom stereocenters. The fourth-order valence-corrected chi connectivity index (χ4v) is 5.96. The number of aromatic nitrogens is 1. The summed E-state index contributed by atoms with van der Waals surface area (Å²) in [5.74, 6) is -0.298. The Bertz CT molecular complexity index is 1110. The number of piperidine rings is 3. The maximum Gasteiger partial charge on any atom is 0.135 e. The zero-order valence-electron chi connectivity index (χ0n) is 17.4. The summed E-state index contributed by atoms with van der Waals surface area (Å²) in [6.07, 6.45) is 4.76. The molecule has 4 heterocycles. The zero-order chi connectivity index (χ0) is 21.6. The second-order valence-corrected chi connectivity index (χ2v) is 9.10. The summed E-state index contributed by atoms with van der Waals surface area (Å²) in [6, 6.07) is 13.6. The molecule has 2 aromatic carbocycles.